The summed E-state index contributed by atoms with van der Waals surface area (Å²) >= 11 is 0. The number of benzene rings is 1. The van der Waals surface area contributed by atoms with Crippen LogP contribution in [0.4, 0.5) is 5.69 Å². The summed E-state index contributed by atoms with van der Waals surface area (Å²) in [4.78, 5) is 13.2. The fraction of sp³-hybridized carbons (Fsp3) is 0.500. The number of phenols is 1. The van der Waals surface area contributed by atoms with E-state index in [2.05, 4.69) is 17.2 Å². The highest BCUT2D eigenvalue weighted by Crippen LogP contribution is 2.25. The summed E-state index contributed by atoms with van der Waals surface area (Å²) in [5, 5.41) is 9.56. The van der Waals surface area contributed by atoms with E-state index in [1.807, 2.05) is 13.0 Å². The molecule has 0 heterocycles. The van der Waals surface area contributed by atoms with Gasteiger partial charge in [0.15, 0.2) is 0 Å². The molecule has 0 saturated carbocycles. The molecule has 1 rings (SSSR count). The molecule has 0 aromatic heterocycles. The zero-order valence-corrected chi connectivity index (χ0v) is 11.6. The summed E-state index contributed by atoms with van der Waals surface area (Å²) < 4.78 is 0. The molecule has 0 aliphatic rings. The fourth-order valence-corrected chi connectivity index (χ4v) is 2.05. The van der Waals surface area contributed by atoms with Crippen LogP contribution in [0.2, 0.25) is 0 Å². The molecule has 5 nitrogen and oxygen atoms in total. The number of nitrogens with two attached hydrogens (primary N) is 1. The first kappa shape index (κ1) is 15.3. The van der Waals surface area contributed by atoms with Crippen molar-refractivity contribution in [2.75, 3.05) is 18.0 Å². The van der Waals surface area contributed by atoms with E-state index < -0.39 is 0 Å². The van der Waals surface area contributed by atoms with Crippen LogP contribution in [-0.2, 0) is 4.79 Å². The number of aryl methyl sites for hydroxylation is 1. The molecule has 0 aliphatic carbocycles. The van der Waals surface area contributed by atoms with Gasteiger partial charge in [-0.15, -0.1) is 0 Å². The van der Waals surface area contributed by atoms with Gasteiger partial charge in [0.25, 0.3) is 0 Å². The van der Waals surface area contributed by atoms with E-state index in [-0.39, 0.29) is 11.7 Å². The number of aromatic hydroxyl groups is 1. The van der Waals surface area contributed by atoms with Crippen LogP contribution < -0.4 is 16.2 Å². The Balaban J connectivity index is 2.53. The van der Waals surface area contributed by atoms with Crippen molar-refractivity contribution >= 4 is 11.6 Å². The highest BCUT2D eigenvalue weighted by molar-refractivity contribution is 5.75. The predicted octanol–water partition coefficient (Wildman–Crippen LogP) is 1.69. The number of rotatable bonds is 7. The Kier molecular flexibility index (Phi) is 6.15. The molecule has 0 radical (unpaired) electrons. The van der Waals surface area contributed by atoms with Gasteiger partial charge in [-0.05, 0) is 38.3 Å². The van der Waals surface area contributed by atoms with Crippen molar-refractivity contribution in [3.63, 3.8) is 0 Å². The monoisotopic (exact) mass is 265 g/mol. The number of nitrogens with zero attached hydrogens (tertiary/aromatic N) is 1. The van der Waals surface area contributed by atoms with Gasteiger partial charge in [-0.3, -0.25) is 10.2 Å². The lowest BCUT2D eigenvalue weighted by Gasteiger charge is -2.25. The van der Waals surface area contributed by atoms with Gasteiger partial charge < -0.3 is 10.0 Å². The van der Waals surface area contributed by atoms with Gasteiger partial charge >= 0.3 is 0 Å². The number of hydrogen-bond acceptors (Lipinski definition) is 4. The number of unbranched alkanes of at least 4 members (excludes halogenated alkanes) is 1. The van der Waals surface area contributed by atoms with E-state index in [0.29, 0.717) is 6.42 Å². The molecule has 106 valence electrons. The molecule has 1 aromatic rings. The van der Waals surface area contributed by atoms with E-state index in [1.165, 1.54) is 0 Å². The van der Waals surface area contributed by atoms with E-state index >= 15 is 0 Å². The summed E-state index contributed by atoms with van der Waals surface area (Å²) in [6.07, 6.45) is 2.17. The minimum absolute atomic E-state index is 0.128. The van der Waals surface area contributed by atoms with Crippen LogP contribution in [0, 0.1) is 6.92 Å². The Morgan fingerprint density at radius 1 is 1.42 bits per heavy atom. The highest BCUT2D eigenvalue weighted by atomic mass is 16.3. The van der Waals surface area contributed by atoms with Crippen LogP contribution in [0.1, 0.15) is 31.7 Å². The number of phenolic OH excluding ortho intramolecular Hbond substituents is 1. The predicted molar refractivity (Wildman–Crippen MR) is 76.9 cm³/mol. The number of amides is 1. The Hall–Kier alpha value is -1.75. The minimum Gasteiger partial charge on any atom is -0.508 e. The normalized spacial score (nSPS) is 10.3. The summed E-state index contributed by atoms with van der Waals surface area (Å²) in [7, 11) is 0. The number of nitrogens with one attached hydrogen (secondary N) is 1. The summed E-state index contributed by atoms with van der Waals surface area (Å²) in [5.74, 6) is 5.18. The first-order chi connectivity index (χ1) is 9.08. The zero-order valence-electron chi connectivity index (χ0n) is 11.6. The first-order valence-corrected chi connectivity index (χ1v) is 6.62. The summed E-state index contributed by atoms with van der Waals surface area (Å²) in [6.45, 7) is 5.83. The van der Waals surface area contributed by atoms with Gasteiger partial charge in [-0.25, -0.2) is 5.84 Å². The standard InChI is InChI=1S/C14H23N3O2/c1-3-17(9-5-4-6-14(19)16-15)13-10-12(18)8-7-11(13)2/h7-8,10,18H,3-6,9,15H2,1-2H3,(H,16,19). The van der Waals surface area contributed by atoms with Crippen LogP contribution in [0.3, 0.4) is 0 Å². The van der Waals surface area contributed by atoms with Crippen molar-refractivity contribution in [1.82, 2.24) is 5.43 Å². The molecule has 1 amide bonds. The van der Waals surface area contributed by atoms with Crippen molar-refractivity contribution in [2.24, 2.45) is 5.84 Å². The number of carbonyl (C=O) groups excluding carboxylic acids is 1. The number of hydrazine groups is 1. The lowest BCUT2D eigenvalue weighted by molar-refractivity contribution is -0.121. The van der Waals surface area contributed by atoms with Crippen molar-refractivity contribution in [1.29, 1.82) is 0 Å². The maximum atomic E-state index is 11.0. The minimum atomic E-state index is -0.128. The third kappa shape index (κ3) is 4.79. The number of hydrogen-bond donors (Lipinski definition) is 3. The summed E-state index contributed by atoms with van der Waals surface area (Å²) in [6, 6.07) is 5.39. The van der Waals surface area contributed by atoms with Gasteiger partial charge in [0, 0.05) is 31.3 Å². The topological polar surface area (TPSA) is 78.6 Å². The smallest absolute Gasteiger partial charge is 0.233 e. The Bertz CT molecular complexity index is 421. The van der Waals surface area contributed by atoms with Crippen LogP contribution in [0.5, 0.6) is 5.75 Å². The average molecular weight is 265 g/mol. The second-order valence-corrected chi connectivity index (χ2v) is 4.58. The van der Waals surface area contributed by atoms with E-state index in [0.717, 1.165) is 37.2 Å². The van der Waals surface area contributed by atoms with Gasteiger partial charge in [0.1, 0.15) is 5.75 Å². The first-order valence-electron chi connectivity index (χ1n) is 6.62. The molecule has 0 bridgehead atoms. The van der Waals surface area contributed by atoms with Crippen molar-refractivity contribution in [3.8, 4) is 5.75 Å². The third-order valence-corrected chi connectivity index (χ3v) is 3.16. The quantitative estimate of drug-likeness (QED) is 0.303. The molecule has 0 aliphatic heterocycles. The molecule has 0 unspecified atom stereocenters. The Labute approximate surface area is 114 Å². The van der Waals surface area contributed by atoms with Crippen molar-refractivity contribution in [3.05, 3.63) is 23.8 Å². The maximum Gasteiger partial charge on any atom is 0.233 e. The molecular weight excluding hydrogens is 242 g/mol. The van der Waals surface area contributed by atoms with E-state index in [1.54, 1.807) is 12.1 Å². The van der Waals surface area contributed by atoms with Gasteiger partial charge in [-0.1, -0.05) is 6.07 Å². The third-order valence-electron chi connectivity index (χ3n) is 3.16. The van der Waals surface area contributed by atoms with Crippen LogP contribution in [0.15, 0.2) is 18.2 Å². The molecule has 0 fully saturated rings. The average Bonchev–Trinajstić information content (AvgIpc) is 2.41. The molecule has 0 saturated heterocycles. The van der Waals surface area contributed by atoms with E-state index in [9.17, 15) is 9.90 Å². The second kappa shape index (κ2) is 7.63. The second-order valence-electron chi connectivity index (χ2n) is 4.58. The molecule has 0 spiro atoms. The van der Waals surface area contributed by atoms with Crippen molar-refractivity contribution in [2.45, 2.75) is 33.1 Å². The molecule has 19 heavy (non-hydrogen) atoms. The van der Waals surface area contributed by atoms with Gasteiger partial charge in [-0.2, -0.15) is 0 Å². The summed E-state index contributed by atoms with van der Waals surface area (Å²) in [5.41, 5.74) is 4.32. The molecule has 4 N–H and O–H groups in total. The zero-order chi connectivity index (χ0) is 14.3. The Morgan fingerprint density at radius 2 is 2.16 bits per heavy atom. The lowest BCUT2D eigenvalue weighted by Crippen LogP contribution is -2.30. The van der Waals surface area contributed by atoms with Crippen LogP contribution >= 0.6 is 0 Å². The van der Waals surface area contributed by atoms with E-state index in [4.69, 9.17) is 5.84 Å². The molecular formula is C14H23N3O2. The Morgan fingerprint density at radius 3 is 2.79 bits per heavy atom. The molecule has 1 aromatic carbocycles. The van der Waals surface area contributed by atoms with Gasteiger partial charge in [0.05, 0.1) is 0 Å². The number of carbonyl (C=O) groups is 1. The molecule has 0 atom stereocenters. The van der Waals surface area contributed by atoms with Crippen molar-refractivity contribution < 1.29 is 9.90 Å². The maximum absolute atomic E-state index is 11.0. The largest absolute Gasteiger partial charge is 0.508 e. The highest BCUT2D eigenvalue weighted by Gasteiger charge is 2.08. The van der Waals surface area contributed by atoms with Gasteiger partial charge in [0.2, 0.25) is 5.91 Å². The number of anilines is 1. The fourth-order valence-electron chi connectivity index (χ4n) is 2.05. The van der Waals surface area contributed by atoms with Crippen LogP contribution in [-0.4, -0.2) is 24.1 Å². The van der Waals surface area contributed by atoms with Crippen LogP contribution in [0.25, 0.3) is 0 Å². The molecule has 5 heteroatoms. The SMILES string of the molecule is CCN(CCCCC(=O)NN)c1cc(O)ccc1C. The lowest BCUT2D eigenvalue weighted by atomic mass is 10.1.